The van der Waals surface area contributed by atoms with E-state index in [0.29, 0.717) is 6.54 Å². The van der Waals surface area contributed by atoms with E-state index in [1.807, 2.05) is 38.1 Å². The third kappa shape index (κ3) is 3.98. The molecule has 0 saturated heterocycles. The maximum absolute atomic E-state index is 10.2. The molecule has 0 aliphatic heterocycles. The molecule has 0 amide bonds. The number of hydrogen-bond acceptors (Lipinski definition) is 2. The van der Waals surface area contributed by atoms with E-state index in [1.54, 1.807) is 0 Å². The topological polar surface area (TPSA) is 32.3 Å². The van der Waals surface area contributed by atoms with Crippen molar-refractivity contribution in [2.45, 2.75) is 45.3 Å². The predicted molar refractivity (Wildman–Crippen MR) is 73.4 cm³/mol. The van der Waals surface area contributed by atoms with Crippen LogP contribution >= 0.6 is 11.6 Å². The molecule has 2 nitrogen and oxygen atoms in total. The van der Waals surface area contributed by atoms with Crippen molar-refractivity contribution in [3.8, 4) is 0 Å². The third-order valence-corrected chi connectivity index (χ3v) is 3.77. The first-order valence-corrected chi connectivity index (χ1v) is 6.60. The Morgan fingerprint density at radius 2 is 1.88 bits per heavy atom. The molecule has 0 fully saturated rings. The molecule has 0 aromatic heterocycles. The number of benzene rings is 1. The van der Waals surface area contributed by atoms with Crippen LogP contribution in [0.5, 0.6) is 0 Å². The summed E-state index contributed by atoms with van der Waals surface area (Å²) in [6.07, 6.45) is 1.51. The average Bonchev–Trinajstić information content (AvgIpc) is 2.36. The molecule has 0 aliphatic carbocycles. The summed E-state index contributed by atoms with van der Waals surface area (Å²) in [7, 11) is 0. The van der Waals surface area contributed by atoms with Gasteiger partial charge in [0.1, 0.15) is 0 Å². The summed E-state index contributed by atoms with van der Waals surface area (Å²) < 4.78 is 0. The van der Waals surface area contributed by atoms with E-state index >= 15 is 0 Å². The van der Waals surface area contributed by atoms with Crippen molar-refractivity contribution in [2.24, 2.45) is 0 Å². The smallest absolute Gasteiger partial charge is 0.0766 e. The van der Waals surface area contributed by atoms with Gasteiger partial charge in [0.15, 0.2) is 0 Å². The lowest BCUT2D eigenvalue weighted by Crippen LogP contribution is -2.40. The summed E-state index contributed by atoms with van der Waals surface area (Å²) in [5.74, 6) is 0. The van der Waals surface area contributed by atoms with Crippen LogP contribution in [0.1, 0.15) is 45.2 Å². The highest BCUT2D eigenvalue weighted by molar-refractivity contribution is 6.31. The largest absolute Gasteiger partial charge is 0.389 e. The van der Waals surface area contributed by atoms with Crippen LogP contribution in [0.3, 0.4) is 0 Å². The fraction of sp³-hybridized carbons (Fsp3) is 0.571. The maximum atomic E-state index is 10.2. The lowest BCUT2D eigenvalue weighted by Gasteiger charge is -2.28. The number of aliphatic hydroxyl groups is 1. The summed E-state index contributed by atoms with van der Waals surface area (Å²) in [5, 5.41) is 14.3. The van der Waals surface area contributed by atoms with E-state index in [1.165, 1.54) is 0 Å². The second kappa shape index (κ2) is 6.39. The highest BCUT2D eigenvalue weighted by Crippen LogP contribution is 2.23. The van der Waals surface area contributed by atoms with Gasteiger partial charge in [-0.05, 0) is 31.4 Å². The van der Waals surface area contributed by atoms with E-state index in [2.05, 4.69) is 12.2 Å². The molecule has 96 valence electrons. The Hall–Kier alpha value is -0.570. The lowest BCUT2D eigenvalue weighted by molar-refractivity contribution is 0.0303. The molecule has 17 heavy (non-hydrogen) atoms. The molecule has 0 spiro atoms. The van der Waals surface area contributed by atoms with Crippen LogP contribution in [0, 0.1) is 0 Å². The second-order valence-electron chi connectivity index (χ2n) is 4.56. The third-order valence-electron chi connectivity index (χ3n) is 3.43. The Bertz CT molecular complexity index is 350. The minimum absolute atomic E-state index is 0.147. The molecule has 1 aromatic rings. The number of halogens is 1. The first-order valence-electron chi connectivity index (χ1n) is 6.22. The molecule has 0 aliphatic rings. The van der Waals surface area contributed by atoms with E-state index in [0.717, 1.165) is 23.4 Å². The van der Waals surface area contributed by atoms with Gasteiger partial charge in [-0.3, -0.25) is 0 Å². The monoisotopic (exact) mass is 255 g/mol. The van der Waals surface area contributed by atoms with Crippen LogP contribution < -0.4 is 5.32 Å². The molecule has 3 heteroatoms. The Balaban J connectivity index is 2.62. The molecular weight excluding hydrogens is 234 g/mol. The molecule has 1 atom stereocenters. The van der Waals surface area contributed by atoms with E-state index in [-0.39, 0.29) is 6.04 Å². The molecule has 2 N–H and O–H groups in total. The van der Waals surface area contributed by atoms with Crippen molar-refractivity contribution in [3.05, 3.63) is 34.9 Å². The van der Waals surface area contributed by atoms with Gasteiger partial charge in [-0.1, -0.05) is 43.6 Å². The Kier molecular flexibility index (Phi) is 5.44. The lowest BCUT2D eigenvalue weighted by atomic mass is 9.96. The minimum atomic E-state index is -0.616. The first kappa shape index (κ1) is 14.5. The van der Waals surface area contributed by atoms with Crippen molar-refractivity contribution in [1.29, 1.82) is 0 Å². The van der Waals surface area contributed by atoms with Crippen LogP contribution in [0.4, 0.5) is 0 Å². The zero-order chi connectivity index (χ0) is 12.9. The number of nitrogens with one attached hydrogen (secondary N) is 1. The van der Waals surface area contributed by atoms with Crippen molar-refractivity contribution < 1.29 is 5.11 Å². The Morgan fingerprint density at radius 1 is 1.29 bits per heavy atom. The van der Waals surface area contributed by atoms with Gasteiger partial charge in [-0.15, -0.1) is 0 Å². The van der Waals surface area contributed by atoms with E-state index in [9.17, 15) is 5.11 Å². The van der Waals surface area contributed by atoms with Gasteiger partial charge in [-0.2, -0.15) is 0 Å². The van der Waals surface area contributed by atoms with Gasteiger partial charge in [0.2, 0.25) is 0 Å². The Labute approximate surface area is 109 Å². The van der Waals surface area contributed by atoms with Crippen molar-refractivity contribution in [1.82, 2.24) is 5.32 Å². The zero-order valence-electron chi connectivity index (χ0n) is 10.8. The Morgan fingerprint density at radius 3 is 2.41 bits per heavy atom. The summed E-state index contributed by atoms with van der Waals surface area (Å²) in [6, 6.07) is 7.95. The molecule has 1 aromatic carbocycles. The van der Waals surface area contributed by atoms with Crippen molar-refractivity contribution in [3.63, 3.8) is 0 Å². The van der Waals surface area contributed by atoms with Gasteiger partial charge < -0.3 is 10.4 Å². The molecule has 0 radical (unpaired) electrons. The predicted octanol–water partition coefficient (Wildman–Crippen LogP) is 3.54. The quantitative estimate of drug-likeness (QED) is 0.815. The fourth-order valence-electron chi connectivity index (χ4n) is 1.78. The first-order chi connectivity index (χ1) is 8.02. The van der Waals surface area contributed by atoms with Gasteiger partial charge >= 0.3 is 0 Å². The zero-order valence-corrected chi connectivity index (χ0v) is 11.6. The molecule has 1 unspecified atom stereocenters. The average molecular weight is 256 g/mol. The van der Waals surface area contributed by atoms with Crippen molar-refractivity contribution in [2.75, 3.05) is 6.54 Å². The molecule has 1 rings (SSSR count). The van der Waals surface area contributed by atoms with Gasteiger partial charge in [0.25, 0.3) is 0 Å². The van der Waals surface area contributed by atoms with Crippen LogP contribution in [-0.2, 0) is 0 Å². The fourth-order valence-corrected chi connectivity index (χ4v) is 2.08. The standard InChI is InChI=1S/C14H22ClNO/c1-4-14(17,5-2)10-16-11(3)12-8-6-7-9-13(12)15/h6-9,11,16-17H,4-5,10H2,1-3H3. The summed E-state index contributed by atoms with van der Waals surface area (Å²) >= 11 is 6.13. The SMILES string of the molecule is CCC(O)(CC)CNC(C)c1ccccc1Cl. The van der Waals surface area contributed by atoms with Gasteiger partial charge in [-0.25, -0.2) is 0 Å². The van der Waals surface area contributed by atoms with Crippen molar-refractivity contribution >= 4 is 11.6 Å². The van der Waals surface area contributed by atoms with Gasteiger partial charge in [0.05, 0.1) is 5.60 Å². The van der Waals surface area contributed by atoms with E-state index < -0.39 is 5.60 Å². The molecule has 0 bridgehead atoms. The number of hydrogen-bond donors (Lipinski definition) is 2. The summed E-state index contributed by atoms with van der Waals surface area (Å²) in [6.45, 7) is 6.66. The van der Waals surface area contributed by atoms with Crippen LogP contribution in [0.2, 0.25) is 5.02 Å². The normalized spacial score (nSPS) is 13.7. The van der Waals surface area contributed by atoms with Crippen LogP contribution in [-0.4, -0.2) is 17.3 Å². The second-order valence-corrected chi connectivity index (χ2v) is 4.96. The van der Waals surface area contributed by atoms with Crippen LogP contribution in [0.15, 0.2) is 24.3 Å². The highest BCUT2D eigenvalue weighted by Gasteiger charge is 2.22. The highest BCUT2D eigenvalue weighted by atomic mass is 35.5. The molecule has 0 saturated carbocycles. The van der Waals surface area contributed by atoms with Crippen LogP contribution in [0.25, 0.3) is 0 Å². The molecule has 0 heterocycles. The summed E-state index contributed by atoms with van der Waals surface area (Å²) in [5.41, 5.74) is 0.457. The minimum Gasteiger partial charge on any atom is -0.389 e. The number of rotatable bonds is 6. The summed E-state index contributed by atoms with van der Waals surface area (Å²) in [4.78, 5) is 0. The maximum Gasteiger partial charge on any atom is 0.0766 e. The molecular formula is C14H22ClNO. The van der Waals surface area contributed by atoms with E-state index in [4.69, 9.17) is 11.6 Å². The van der Waals surface area contributed by atoms with Gasteiger partial charge in [0, 0.05) is 17.6 Å².